The molecule has 3 N–H and O–H groups in total. The van der Waals surface area contributed by atoms with E-state index in [4.69, 9.17) is 17.3 Å². The van der Waals surface area contributed by atoms with Crippen molar-refractivity contribution in [1.29, 1.82) is 0 Å². The highest BCUT2D eigenvalue weighted by Crippen LogP contribution is 2.34. The molecule has 0 aliphatic carbocycles. The molecule has 2 aromatic carbocycles. The van der Waals surface area contributed by atoms with Gasteiger partial charge in [-0.05, 0) is 35.4 Å². The molecule has 0 radical (unpaired) electrons. The van der Waals surface area contributed by atoms with E-state index in [-0.39, 0.29) is 6.61 Å². The second-order valence-electron chi connectivity index (χ2n) is 5.71. The lowest BCUT2D eigenvalue weighted by Crippen LogP contribution is -1.97. The van der Waals surface area contributed by atoms with Gasteiger partial charge in [0.2, 0.25) is 0 Å². The Labute approximate surface area is 149 Å². The fraction of sp³-hybridized carbons (Fsp3) is 0.0526. The van der Waals surface area contributed by atoms with Gasteiger partial charge in [0.05, 0.1) is 12.0 Å². The molecular formula is C19H15ClN4O. The molecule has 0 bridgehead atoms. The van der Waals surface area contributed by atoms with Crippen LogP contribution >= 0.6 is 11.6 Å². The number of nitrogen functional groups attached to an aromatic ring is 1. The van der Waals surface area contributed by atoms with Crippen LogP contribution in [-0.2, 0) is 6.61 Å². The van der Waals surface area contributed by atoms with E-state index in [9.17, 15) is 5.11 Å². The summed E-state index contributed by atoms with van der Waals surface area (Å²) in [4.78, 5) is 8.56. The zero-order valence-corrected chi connectivity index (χ0v) is 14.0. The van der Waals surface area contributed by atoms with Crippen molar-refractivity contribution < 1.29 is 5.11 Å². The fourth-order valence-corrected chi connectivity index (χ4v) is 3.06. The SMILES string of the molecule is Nc1ncnc2c1c(-c1ccc(Cl)cc1)cn2-c1cccc(CO)c1. The Morgan fingerprint density at radius 1 is 1.08 bits per heavy atom. The number of nitrogens with zero attached hydrogens (tertiary/aromatic N) is 3. The summed E-state index contributed by atoms with van der Waals surface area (Å²) < 4.78 is 1.95. The lowest BCUT2D eigenvalue weighted by Gasteiger charge is -2.06. The van der Waals surface area contributed by atoms with Gasteiger partial charge in [0.1, 0.15) is 12.1 Å². The van der Waals surface area contributed by atoms with Crippen LogP contribution in [0.25, 0.3) is 27.8 Å². The van der Waals surface area contributed by atoms with Crippen LogP contribution < -0.4 is 5.73 Å². The summed E-state index contributed by atoms with van der Waals surface area (Å²) in [5, 5.41) is 10.9. The number of nitrogens with two attached hydrogens (primary N) is 1. The van der Waals surface area contributed by atoms with E-state index in [1.165, 1.54) is 6.33 Å². The normalized spacial score (nSPS) is 11.1. The molecule has 0 amide bonds. The van der Waals surface area contributed by atoms with Gasteiger partial charge in [0.25, 0.3) is 0 Å². The number of rotatable bonds is 3. The Bertz CT molecular complexity index is 1060. The summed E-state index contributed by atoms with van der Waals surface area (Å²) in [6, 6.07) is 15.2. The summed E-state index contributed by atoms with van der Waals surface area (Å²) in [5.41, 5.74) is 10.5. The van der Waals surface area contributed by atoms with Crippen molar-refractivity contribution in [1.82, 2.24) is 14.5 Å². The predicted octanol–water partition coefficient (Wildman–Crippen LogP) is 3.82. The summed E-state index contributed by atoms with van der Waals surface area (Å²) in [6.45, 7) is -0.0196. The number of aliphatic hydroxyl groups is 1. The van der Waals surface area contributed by atoms with Crippen LogP contribution in [0, 0.1) is 0 Å². The Hall–Kier alpha value is -2.89. The molecule has 0 aliphatic rings. The molecule has 0 aliphatic heterocycles. The van der Waals surface area contributed by atoms with Crippen LogP contribution in [0.3, 0.4) is 0 Å². The molecule has 0 saturated carbocycles. The topological polar surface area (TPSA) is 77.0 Å². The maximum absolute atomic E-state index is 9.41. The van der Waals surface area contributed by atoms with Crippen molar-refractivity contribution in [2.24, 2.45) is 0 Å². The number of benzene rings is 2. The molecular weight excluding hydrogens is 336 g/mol. The van der Waals surface area contributed by atoms with Crippen molar-refractivity contribution in [3.8, 4) is 16.8 Å². The number of aliphatic hydroxyl groups excluding tert-OH is 1. The first kappa shape index (κ1) is 15.6. The minimum Gasteiger partial charge on any atom is -0.392 e. The standard InChI is InChI=1S/C19H15ClN4O/c20-14-6-4-13(5-7-14)16-9-24(15-3-1-2-12(8-15)10-25)19-17(16)18(21)22-11-23-19/h1-9,11,25H,10H2,(H2,21,22,23). The molecule has 0 saturated heterocycles. The van der Waals surface area contributed by atoms with Gasteiger partial charge in [-0.2, -0.15) is 0 Å². The van der Waals surface area contributed by atoms with Gasteiger partial charge in [-0.15, -0.1) is 0 Å². The molecule has 25 heavy (non-hydrogen) atoms. The zero-order chi connectivity index (χ0) is 17.4. The number of halogens is 1. The van der Waals surface area contributed by atoms with Crippen LogP contribution in [0.15, 0.2) is 61.1 Å². The van der Waals surface area contributed by atoms with Crippen LogP contribution in [0.2, 0.25) is 5.02 Å². The molecule has 124 valence electrons. The quantitative estimate of drug-likeness (QED) is 0.589. The second kappa shape index (κ2) is 6.20. The largest absolute Gasteiger partial charge is 0.392 e. The number of hydrogen-bond acceptors (Lipinski definition) is 4. The van der Waals surface area contributed by atoms with Gasteiger partial charge >= 0.3 is 0 Å². The minimum absolute atomic E-state index is 0.0196. The molecule has 2 heterocycles. The van der Waals surface area contributed by atoms with E-state index in [0.29, 0.717) is 16.5 Å². The summed E-state index contributed by atoms with van der Waals surface area (Å²) in [6.07, 6.45) is 3.44. The average Bonchev–Trinajstić information content (AvgIpc) is 3.03. The summed E-state index contributed by atoms with van der Waals surface area (Å²) >= 11 is 6.00. The van der Waals surface area contributed by atoms with Gasteiger partial charge in [-0.25, -0.2) is 9.97 Å². The molecule has 0 unspecified atom stereocenters. The third-order valence-corrected chi connectivity index (χ3v) is 4.39. The van der Waals surface area contributed by atoms with Gasteiger partial charge in [-0.1, -0.05) is 35.9 Å². The number of aromatic nitrogens is 3. The maximum Gasteiger partial charge on any atom is 0.150 e. The molecule has 4 rings (SSSR count). The highest BCUT2D eigenvalue weighted by molar-refractivity contribution is 6.30. The average molecular weight is 351 g/mol. The molecule has 2 aromatic heterocycles. The summed E-state index contributed by atoms with van der Waals surface area (Å²) in [5.74, 6) is 0.423. The van der Waals surface area contributed by atoms with Crippen molar-refractivity contribution in [2.45, 2.75) is 6.61 Å². The Balaban J connectivity index is 2.00. The Morgan fingerprint density at radius 2 is 1.88 bits per heavy atom. The van der Waals surface area contributed by atoms with E-state index in [2.05, 4.69) is 9.97 Å². The highest BCUT2D eigenvalue weighted by atomic mass is 35.5. The molecule has 0 fully saturated rings. The molecule has 0 atom stereocenters. The van der Waals surface area contributed by atoms with Gasteiger partial charge < -0.3 is 15.4 Å². The number of hydrogen-bond donors (Lipinski definition) is 2. The van der Waals surface area contributed by atoms with E-state index in [0.717, 1.165) is 27.8 Å². The first-order valence-electron chi connectivity index (χ1n) is 7.75. The third kappa shape index (κ3) is 2.73. The van der Waals surface area contributed by atoms with E-state index >= 15 is 0 Å². The maximum atomic E-state index is 9.41. The van der Waals surface area contributed by atoms with Gasteiger partial charge in [0, 0.05) is 22.5 Å². The Kier molecular flexibility index (Phi) is 3.87. The highest BCUT2D eigenvalue weighted by Gasteiger charge is 2.16. The third-order valence-electron chi connectivity index (χ3n) is 4.14. The number of anilines is 1. The van der Waals surface area contributed by atoms with Crippen molar-refractivity contribution in [3.05, 3.63) is 71.6 Å². The lowest BCUT2D eigenvalue weighted by molar-refractivity contribution is 0.282. The number of fused-ring (bicyclic) bond motifs is 1. The van der Waals surface area contributed by atoms with Crippen LogP contribution in [0.4, 0.5) is 5.82 Å². The van der Waals surface area contributed by atoms with Gasteiger partial charge in [-0.3, -0.25) is 0 Å². The van der Waals surface area contributed by atoms with Crippen molar-refractivity contribution in [3.63, 3.8) is 0 Å². The summed E-state index contributed by atoms with van der Waals surface area (Å²) in [7, 11) is 0. The monoisotopic (exact) mass is 350 g/mol. The fourth-order valence-electron chi connectivity index (χ4n) is 2.94. The smallest absolute Gasteiger partial charge is 0.150 e. The Morgan fingerprint density at radius 3 is 2.64 bits per heavy atom. The van der Waals surface area contributed by atoms with Crippen molar-refractivity contribution in [2.75, 3.05) is 5.73 Å². The minimum atomic E-state index is -0.0196. The molecule has 6 heteroatoms. The van der Waals surface area contributed by atoms with Crippen LogP contribution in [-0.4, -0.2) is 19.6 Å². The van der Waals surface area contributed by atoms with E-state index in [1.807, 2.05) is 59.3 Å². The molecule has 5 nitrogen and oxygen atoms in total. The van der Waals surface area contributed by atoms with E-state index < -0.39 is 0 Å². The lowest BCUT2D eigenvalue weighted by atomic mass is 10.1. The first-order chi connectivity index (χ1) is 12.2. The van der Waals surface area contributed by atoms with Crippen LogP contribution in [0.5, 0.6) is 0 Å². The van der Waals surface area contributed by atoms with Gasteiger partial charge in [0.15, 0.2) is 5.65 Å². The molecule has 0 spiro atoms. The molecule has 4 aromatic rings. The first-order valence-corrected chi connectivity index (χ1v) is 8.13. The zero-order valence-electron chi connectivity index (χ0n) is 13.2. The van der Waals surface area contributed by atoms with Crippen molar-refractivity contribution >= 4 is 28.5 Å². The van der Waals surface area contributed by atoms with Crippen LogP contribution in [0.1, 0.15) is 5.56 Å². The second-order valence-corrected chi connectivity index (χ2v) is 6.14. The van der Waals surface area contributed by atoms with E-state index in [1.54, 1.807) is 0 Å². The predicted molar refractivity (Wildman–Crippen MR) is 99.6 cm³/mol.